The van der Waals surface area contributed by atoms with Crippen molar-refractivity contribution in [2.24, 2.45) is 12.0 Å². The van der Waals surface area contributed by atoms with E-state index >= 15 is 0 Å². The highest BCUT2D eigenvalue weighted by Crippen LogP contribution is 2.30. The van der Waals surface area contributed by atoms with Crippen molar-refractivity contribution in [3.8, 4) is 5.75 Å². The van der Waals surface area contributed by atoms with E-state index < -0.39 is 8.32 Å². The molecule has 2 rings (SSSR count). The van der Waals surface area contributed by atoms with Crippen LogP contribution >= 0.6 is 0 Å². The van der Waals surface area contributed by atoms with Gasteiger partial charge in [-0.25, -0.2) is 4.99 Å². The Morgan fingerprint density at radius 3 is 2.48 bits per heavy atom. The number of aryl methyl sites for hydroxylation is 2. The molecule has 2 aromatic rings. The van der Waals surface area contributed by atoms with Crippen LogP contribution in [0.3, 0.4) is 0 Å². The van der Waals surface area contributed by atoms with Crippen LogP contribution in [0.2, 0.25) is 19.6 Å². The Labute approximate surface area is 127 Å². The van der Waals surface area contributed by atoms with Gasteiger partial charge >= 0.3 is 0 Å². The molecule has 21 heavy (non-hydrogen) atoms. The summed E-state index contributed by atoms with van der Waals surface area (Å²) in [5, 5.41) is 4.27. The van der Waals surface area contributed by atoms with Gasteiger partial charge < -0.3 is 4.43 Å². The van der Waals surface area contributed by atoms with Crippen LogP contribution in [-0.2, 0) is 7.05 Å². The van der Waals surface area contributed by atoms with Crippen LogP contribution in [0.15, 0.2) is 35.5 Å². The lowest BCUT2D eigenvalue weighted by Crippen LogP contribution is -2.29. The lowest BCUT2D eigenvalue weighted by Gasteiger charge is -2.20. The second kappa shape index (κ2) is 5.85. The molecule has 4 nitrogen and oxygen atoms in total. The van der Waals surface area contributed by atoms with E-state index in [2.05, 4.69) is 24.7 Å². The molecule has 0 unspecified atom stereocenters. The smallest absolute Gasteiger partial charge is 0.242 e. The third-order valence-electron chi connectivity index (χ3n) is 3.03. The molecule has 1 aromatic heterocycles. The van der Waals surface area contributed by atoms with E-state index in [-0.39, 0.29) is 0 Å². The summed E-state index contributed by atoms with van der Waals surface area (Å²) in [4.78, 5) is 4.76. The maximum Gasteiger partial charge on any atom is 0.242 e. The van der Waals surface area contributed by atoms with E-state index in [9.17, 15) is 0 Å². The average molecular weight is 301 g/mol. The van der Waals surface area contributed by atoms with Gasteiger partial charge in [0, 0.05) is 7.05 Å². The van der Waals surface area contributed by atoms with E-state index in [0.717, 1.165) is 28.4 Å². The van der Waals surface area contributed by atoms with Crippen LogP contribution in [0.25, 0.3) is 0 Å². The Hall–Kier alpha value is -1.88. The van der Waals surface area contributed by atoms with Crippen LogP contribution in [0.5, 0.6) is 5.75 Å². The van der Waals surface area contributed by atoms with Crippen molar-refractivity contribution >= 4 is 19.7 Å². The first-order valence-corrected chi connectivity index (χ1v) is 10.5. The normalized spacial score (nSPS) is 12.6. The number of aromatic nitrogens is 2. The summed E-state index contributed by atoms with van der Waals surface area (Å²) >= 11 is 0. The van der Waals surface area contributed by atoms with Gasteiger partial charge in [-0.2, -0.15) is 5.10 Å². The van der Waals surface area contributed by atoms with E-state index in [0.29, 0.717) is 0 Å². The maximum atomic E-state index is 6.12. The van der Waals surface area contributed by atoms with Gasteiger partial charge in [0.1, 0.15) is 11.4 Å². The van der Waals surface area contributed by atoms with Gasteiger partial charge in [-0.1, -0.05) is 12.1 Å². The molecule has 0 aliphatic heterocycles. The number of rotatable bonds is 4. The second-order valence-electron chi connectivity index (χ2n) is 6.18. The maximum absolute atomic E-state index is 6.12. The molecule has 0 saturated heterocycles. The molecule has 0 amide bonds. The van der Waals surface area contributed by atoms with Crippen molar-refractivity contribution in [2.45, 2.75) is 33.5 Å². The van der Waals surface area contributed by atoms with Crippen LogP contribution in [0.4, 0.5) is 5.69 Å². The number of para-hydroxylation sites is 2. The van der Waals surface area contributed by atoms with Gasteiger partial charge in [0.05, 0.1) is 17.6 Å². The summed E-state index contributed by atoms with van der Waals surface area (Å²) in [6.07, 6.45) is 1.86. The molecule has 0 fully saturated rings. The largest absolute Gasteiger partial charge is 0.543 e. The Morgan fingerprint density at radius 1 is 1.24 bits per heavy atom. The van der Waals surface area contributed by atoms with Gasteiger partial charge in [-0.05, 0) is 51.2 Å². The molecule has 0 atom stereocenters. The first-order chi connectivity index (χ1) is 9.78. The summed E-state index contributed by atoms with van der Waals surface area (Å²) < 4.78 is 7.98. The molecule has 1 aromatic carbocycles. The van der Waals surface area contributed by atoms with Gasteiger partial charge in [0.25, 0.3) is 0 Å². The van der Waals surface area contributed by atoms with Crippen molar-refractivity contribution in [3.63, 3.8) is 0 Å². The molecule has 0 spiro atoms. The summed E-state index contributed by atoms with van der Waals surface area (Å²) in [5.41, 5.74) is 4.00. The number of hydrogen-bond acceptors (Lipinski definition) is 3. The molecule has 0 bridgehead atoms. The second-order valence-corrected chi connectivity index (χ2v) is 10.6. The fraction of sp³-hybridized carbons (Fsp3) is 0.375. The summed E-state index contributed by atoms with van der Waals surface area (Å²) in [6.45, 7) is 10.6. The van der Waals surface area contributed by atoms with E-state index in [1.165, 1.54) is 0 Å². The van der Waals surface area contributed by atoms with Crippen molar-refractivity contribution in [2.75, 3.05) is 0 Å². The molecule has 0 aliphatic carbocycles. The summed E-state index contributed by atoms with van der Waals surface area (Å²) in [6, 6.07) is 7.95. The summed E-state index contributed by atoms with van der Waals surface area (Å²) in [5.74, 6) is 0.857. The van der Waals surface area contributed by atoms with Gasteiger partial charge in [-0.3, -0.25) is 4.68 Å². The van der Waals surface area contributed by atoms with Gasteiger partial charge in [0.15, 0.2) is 0 Å². The van der Waals surface area contributed by atoms with Gasteiger partial charge in [0.2, 0.25) is 8.32 Å². The number of benzene rings is 1. The minimum atomic E-state index is -1.66. The molecule has 0 saturated carbocycles. The quantitative estimate of drug-likeness (QED) is 0.630. The lowest BCUT2D eigenvalue weighted by molar-refractivity contribution is 0.559. The monoisotopic (exact) mass is 301 g/mol. The van der Waals surface area contributed by atoms with E-state index in [1.807, 2.05) is 56.0 Å². The summed E-state index contributed by atoms with van der Waals surface area (Å²) in [7, 11) is 0.281. The zero-order valence-corrected chi connectivity index (χ0v) is 14.6. The third kappa shape index (κ3) is 3.82. The minimum absolute atomic E-state index is 0.857. The zero-order valence-electron chi connectivity index (χ0n) is 13.6. The fourth-order valence-electron chi connectivity index (χ4n) is 2.27. The standard InChI is InChI=1S/C16H23N3OSi/c1-12-11-17-19(3)16(12)13(2)18-14-9-7-8-10-15(14)20-21(4,5)6/h7-11H,1-6H3. The third-order valence-corrected chi connectivity index (χ3v) is 3.87. The predicted molar refractivity (Wildman–Crippen MR) is 90.2 cm³/mol. The Balaban J connectivity index is 2.41. The molecule has 0 aliphatic rings. The molecule has 0 N–H and O–H groups in total. The van der Waals surface area contributed by atoms with Gasteiger partial charge in [-0.15, -0.1) is 0 Å². The fourth-order valence-corrected chi connectivity index (χ4v) is 3.10. The first kappa shape index (κ1) is 15.5. The highest BCUT2D eigenvalue weighted by atomic mass is 28.4. The Bertz CT molecular complexity index is 649. The number of aliphatic imine (C=N–C) groups is 1. The first-order valence-electron chi connectivity index (χ1n) is 7.10. The molecule has 0 radical (unpaired) electrons. The van der Waals surface area contributed by atoms with E-state index in [1.54, 1.807) is 0 Å². The number of hydrogen-bond donors (Lipinski definition) is 0. The molecular formula is C16H23N3OSi. The number of nitrogens with zero attached hydrogens (tertiary/aromatic N) is 3. The topological polar surface area (TPSA) is 39.4 Å². The molecule has 112 valence electrons. The lowest BCUT2D eigenvalue weighted by atomic mass is 10.2. The SMILES string of the molecule is CC(=Nc1ccccc1O[Si](C)(C)C)c1c(C)cnn1C. The van der Waals surface area contributed by atoms with Crippen LogP contribution in [0, 0.1) is 6.92 Å². The highest BCUT2D eigenvalue weighted by Gasteiger charge is 2.18. The Kier molecular flexibility index (Phi) is 4.32. The predicted octanol–water partition coefficient (Wildman–Crippen LogP) is 4.08. The molecular weight excluding hydrogens is 278 g/mol. The van der Waals surface area contributed by atoms with Crippen LogP contribution < -0.4 is 4.43 Å². The van der Waals surface area contributed by atoms with Crippen LogP contribution in [-0.4, -0.2) is 23.8 Å². The van der Waals surface area contributed by atoms with Crippen molar-refractivity contribution in [1.29, 1.82) is 0 Å². The van der Waals surface area contributed by atoms with Crippen molar-refractivity contribution in [3.05, 3.63) is 41.7 Å². The van der Waals surface area contributed by atoms with Crippen molar-refractivity contribution < 1.29 is 4.43 Å². The molecule has 1 heterocycles. The average Bonchev–Trinajstić information content (AvgIpc) is 2.70. The van der Waals surface area contributed by atoms with Crippen LogP contribution in [0.1, 0.15) is 18.2 Å². The zero-order chi connectivity index (χ0) is 15.6. The molecule has 5 heteroatoms. The van der Waals surface area contributed by atoms with E-state index in [4.69, 9.17) is 9.42 Å². The highest BCUT2D eigenvalue weighted by molar-refractivity contribution is 6.70. The minimum Gasteiger partial charge on any atom is -0.543 e. The van der Waals surface area contributed by atoms with Crippen molar-refractivity contribution in [1.82, 2.24) is 9.78 Å². The Morgan fingerprint density at radius 2 is 1.90 bits per heavy atom.